The number of amides is 1. The van der Waals surface area contributed by atoms with Crippen LogP contribution in [0.4, 0.5) is 11.5 Å². The molecule has 0 unspecified atom stereocenters. The van der Waals surface area contributed by atoms with E-state index in [1.165, 1.54) is 18.4 Å². The summed E-state index contributed by atoms with van der Waals surface area (Å²) in [5.74, 6) is 0.954. The van der Waals surface area contributed by atoms with Crippen LogP contribution in [0.25, 0.3) is 0 Å². The largest absolute Gasteiger partial charge is 0.355 e. The van der Waals surface area contributed by atoms with Crippen LogP contribution in [0.15, 0.2) is 36.4 Å². The number of unbranched alkanes of at least 4 members (excludes halogenated alkanes) is 1. The Morgan fingerprint density at radius 2 is 1.88 bits per heavy atom. The Bertz CT molecular complexity index is 710. The molecule has 2 heterocycles. The predicted molar refractivity (Wildman–Crippen MR) is 106 cm³/mol. The van der Waals surface area contributed by atoms with Gasteiger partial charge in [0.15, 0.2) is 11.0 Å². The monoisotopic (exact) mass is 372 g/mol. The molecule has 1 fully saturated rings. The summed E-state index contributed by atoms with van der Waals surface area (Å²) >= 11 is 5.78. The molecular weight excluding hydrogens is 348 g/mol. The number of halogens is 1. The minimum Gasteiger partial charge on any atom is -0.355 e. The van der Waals surface area contributed by atoms with Gasteiger partial charge in [-0.3, -0.25) is 4.79 Å². The zero-order valence-corrected chi connectivity index (χ0v) is 15.9. The number of piperidine rings is 1. The first-order valence-corrected chi connectivity index (χ1v) is 9.67. The summed E-state index contributed by atoms with van der Waals surface area (Å²) in [5.41, 5.74) is 2.20. The molecule has 6 heteroatoms. The van der Waals surface area contributed by atoms with Gasteiger partial charge in [0, 0.05) is 24.7 Å². The Labute approximate surface area is 159 Å². The zero-order chi connectivity index (χ0) is 18.4. The Kier molecular flexibility index (Phi) is 6.45. The van der Waals surface area contributed by atoms with Gasteiger partial charge >= 0.3 is 0 Å². The molecular formula is C20H25ClN4O. The summed E-state index contributed by atoms with van der Waals surface area (Å²) < 4.78 is 0. The molecule has 5 nitrogen and oxygen atoms in total. The molecule has 1 N–H and O–H groups in total. The third kappa shape index (κ3) is 4.94. The molecule has 0 spiro atoms. The van der Waals surface area contributed by atoms with Crippen molar-refractivity contribution < 1.29 is 4.79 Å². The van der Waals surface area contributed by atoms with Crippen LogP contribution in [0.2, 0.25) is 5.15 Å². The van der Waals surface area contributed by atoms with E-state index in [0.29, 0.717) is 5.15 Å². The average molecular weight is 373 g/mol. The fourth-order valence-corrected chi connectivity index (χ4v) is 3.33. The fourth-order valence-electron chi connectivity index (χ4n) is 3.23. The van der Waals surface area contributed by atoms with Crippen LogP contribution < -0.4 is 10.2 Å². The van der Waals surface area contributed by atoms with Gasteiger partial charge in [-0.2, -0.15) is 0 Å². The number of nitrogens with zero attached hydrogens (tertiary/aromatic N) is 3. The Morgan fingerprint density at radius 3 is 2.50 bits per heavy atom. The van der Waals surface area contributed by atoms with E-state index in [1.54, 1.807) is 6.07 Å². The van der Waals surface area contributed by atoms with Crippen LogP contribution in [0.5, 0.6) is 0 Å². The van der Waals surface area contributed by atoms with Crippen molar-refractivity contribution in [3.8, 4) is 0 Å². The minimum atomic E-state index is 0.0336. The van der Waals surface area contributed by atoms with Gasteiger partial charge in [0.05, 0.1) is 0 Å². The highest BCUT2D eigenvalue weighted by Crippen LogP contribution is 2.23. The third-order valence-electron chi connectivity index (χ3n) is 4.85. The van der Waals surface area contributed by atoms with Gasteiger partial charge in [-0.15, -0.1) is 10.2 Å². The number of anilines is 2. The topological polar surface area (TPSA) is 58.1 Å². The molecule has 0 bridgehead atoms. The van der Waals surface area contributed by atoms with E-state index in [2.05, 4.69) is 39.5 Å². The first-order valence-electron chi connectivity index (χ1n) is 9.29. The van der Waals surface area contributed by atoms with Gasteiger partial charge in [-0.25, -0.2) is 0 Å². The average Bonchev–Trinajstić information content (AvgIpc) is 2.68. The molecule has 2 aromatic rings. The Morgan fingerprint density at radius 1 is 1.15 bits per heavy atom. The quantitative estimate of drug-likeness (QED) is 0.820. The third-order valence-corrected chi connectivity index (χ3v) is 5.05. The van der Waals surface area contributed by atoms with Crippen LogP contribution in [0, 0.1) is 5.92 Å². The van der Waals surface area contributed by atoms with Crippen LogP contribution >= 0.6 is 11.6 Å². The van der Waals surface area contributed by atoms with Gasteiger partial charge in [-0.1, -0.05) is 37.1 Å². The van der Waals surface area contributed by atoms with Gasteiger partial charge in [0.2, 0.25) is 5.91 Å². The number of carbonyl (C=O) groups is 1. The lowest BCUT2D eigenvalue weighted by molar-refractivity contribution is -0.120. The van der Waals surface area contributed by atoms with E-state index in [1.807, 2.05) is 18.2 Å². The lowest BCUT2D eigenvalue weighted by Crippen LogP contribution is -2.38. The van der Waals surface area contributed by atoms with Crippen LogP contribution in [-0.2, 0) is 11.2 Å². The lowest BCUT2D eigenvalue weighted by Gasteiger charge is -2.31. The van der Waals surface area contributed by atoms with E-state index < -0.39 is 0 Å². The maximum absolute atomic E-state index is 12.5. The molecule has 1 amide bonds. The number of carbonyl (C=O) groups excluding carboxylic acids is 1. The van der Waals surface area contributed by atoms with E-state index in [9.17, 15) is 4.79 Å². The number of benzene rings is 1. The number of aromatic nitrogens is 2. The van der Waals surface area contributed by atoms with Crippen molar-refractivity contribution in [3.63, 3.8) is 0 Å². The molecule has 138 valence electrons. The van der Waals surface area contributed by atoms with E-state index >= 15 is 0 Å². The molecule has 1 aliphatic rings. The second-order valence-electron chi connectivity index (χ2n) is 6.77. The Hall–Kier alpha value is -2.14. The van der Waals surface area contributed by atoms with E-state index in [-0.39, 0.29) is 11.8 Å². The summed E-state index contributed by atoms with van der Waals surface area (Å²) in [7, 11) is 0. The summed E-state index contributed by atoms with van der Waals surface area (Å²) in [6, 6.07) is 11.8. The first-order chi connectivity index (χ1) is 12.7. The summed E-state index contributed by atoms with van der Waals surface area (Å²) in [6.07, 6.45) is 5.10. The standard InChI is InChI=1S/C20H25ClN4O/c1-2-3-4-15-5-7-17(8-6-15)22-20(26)16-11-13-25(14-12-16)19-10-9-18(21)23-24-19/h5-10,16H,2-4,11-14H2,1H3,(H,22,26). The maximum Gasteiger partial charge on any atom is 0.227 e. The first kappa shape index (κ1) is 18.6. The zero-order valence-electron chi connectivity index (χ0n) is 15.1. The molecule has 1 aliphatic heterocycles. The molecule has 1 saturated heterocycles. The highest BCUT2D eigenvalue weighted by molar-refractivity contribution is 6.29. The smallest absolute Gasteiger partial charge is 0.227 e. The minimum absolute atomic E-state index is 0.0336. The summed E-state index contributed by atoms with van der Waals surface area (Å²) in [4.78, 5) is 14.7. The molecule has 1 aromatic carbocycles. The molecule has 1 aromatic heterocycles. The fraction of sp³-hybridized carbons (Fsp3) is 0.450. The number of nitrogens with one attached hydrogen (secondary N) is 1. The van der Waals surface area contributed by atoms with E-state index in [4.69, 9.17) is 11.6 Å². The van der Waals surface area contributed by atoms with Gasteiger partial charge in [0.25, 0.3) is 0 Å². The van der Waals surface area contributed by atoms with Crippen molar-refractivity contribution in [2.24, 2.45) is 5.92 Å². The number of rotatable bonds is 6. The highest BCUT2D eigenvalue weighted by atomic mass is 35.5. The predicted octanol–water partition coefficient (Wildman–Crippen LogP) is 4.33. The van der Waals surface area contributed by atoms with Crippen LogP contribution in [0.1, 0.15) is 38.2 Å². The second-order valence-corrected chi connectivity index (χ2v) is 7.15. The van der Waals surface area contributed by atoms with Crippen molar-refractivity contribution in [1.29, 1.82) is 0 Å². The van der Waals surface area contributed by atoms with E-state index in [0.717, 1.165) is 43.9 Å². The summed E-state index contributed by atoms with van der Waals surface area (Å²) in [5, 5.41) is 11.4. The number of hydrogen-bond acceptors (Lipinski definition) is 4. The maximum atomic E-state index is 12.5. The summed E-state index contributed by atoms with van der Waals surface area (Å²) in [6.45, 7) is 3.79. The molecule has 3 rings (SSSR count). The van der Waals surface area contributed by atoms with Crippen LogP contribution in [0.3, 0.4) is 0 Å². The van der Waals surface area contributed by atoms with Crippen molar-refractivity contribution in [3.05, 3.63) is 47.1 Å². The SMILES string of the molecule is CCCCc1ccc(NC(=O)C2CCN(c3ccc(Cl)nn3)CC2)cc1. The van der Waals surface area contributed by atoms with Crippen molar-refractivity contribution >= 4 is 29.0 Å². The van der Waals surface area contributed by atoms with Crippen molar-refractivity contribution in [2.45, 2.75) is 39.0 Å². The molecule has 0 radical (unpaired) electrons. The highest BCUT2D eigenvalue weighted by Gasteiger charge is 2.25. The number of hydrogen-bond donors (Lipinski definition) is 1. The Balaban J connectivity index is 1.49. The molecule has 0 atom stereocenters. The molecule has 26 heavy (non-hydrogen) atoms. The van der Waals surface area contributed by atoms with Crippen molar-refractivity contribution in [2.75, 3.05) is 23.3 Å². The lowest BCUT2D eigenvalue weighted by atomic mass is 9.95. The number of aryl methyl sites for hydroxylation is 1. The molecule has 0 aliphatic carbocycles. The molecule has 0 saturated carbocycles. The normalized spacial score (nSPS) is 15.1. The second kappa shape index (κ2) is 8.99. The van der Waals surface area contributed by atoms with Gasteiger partial charge in [0.1, 0.15) is 0 Å². The van der Waals surface area contributed by atoms with Gasteiger partial charge < -0.3 is 10.2 Å². The van der Waals surface area contributed by atoms with Crippen LogP contribution in [-0.4, -0.2) is 29.2 Å². The van der Waals surface area contributed by atoms with Gasteiger partial charge in [-0.05, 0) is 55.5 Å². The van der Waals surface area contributed by atoms with Crippen molar-refractivity contribution in [1.82, 2.24) is 10.2 Å².